The van der Waals surface area contributed by atoms with Gasteiger partial charge in [0.2, 0.25) is 11.8 Å². The highest BCUT2D eigenvalue weighted by atomic mass is 32.1. The molecule has 0 aromatic carbocycles. The Kier molecular flexibility index (Phi) is 4.19. The third kappa shape index (κ3) is 3.64. The maximum absolute atomic E-state index is 11.3. The van der Waals surface area contributed by atoms with Crippen molar-refractivity contribution in [2.24, 2.45) is 5.73 Å². The number of carbonyl (C=O) groups is 2. The molecule has 1 rings (SSSR count). The van der Waals surface area contributed by atoms with Crippen LogP contribution < -0.4 is 11.1 Å². The van der Waals surface area contributed by atoms with E-state index >= 15 is 0 Å². The highest BCUT2D eigenvalue weighted by molar-refractivity contribution is 7.13. The first kappa shape index (κ1) is 11.6. The second-order valence-corrected chi connectivity index (χ2v) is 3.45. The third-order valence-corrected chi connectivity index (χ3v) is 2.19. The second-order valence-electron chi connectivity index (χ2n) is 2.55. The first-order chi connectivity index (χ1) is 7.13. The first-order valence-corrected chi connectivity index (χ1v) is 4.89. The van der Waals surface area contributed by atoms with Gasteiger partial charge in [0, 0.05) is 18.7 Å². The zero-order chi connectivity index (χ0) is 11.3. The van der Waals surface area contributed by atoms with E-state index in [9.17, 15) is 9.59 Å². The molecule has 0 bridgehead atoms. The highest BCUT2D eigenvalue weighted by Gasteiger charge is 2.19. The Bertz CT molecular complexity index is 339. The fourth-order valence-electron chi connectivity index (χ4n) is 0.836. The molecule has 1 aromatic rings. The SMILES string of the molecule is CO[C@H]([CH]C(=O)Nc1nccs1)C(N)=O. The normalized spacial score (nSPS) is 12.1. The molecule has 0 saturated carbocycles. The van der Waals surface area contributed by atoms with E-state index in [1.807, 2.05) is 0 Å². The molecule has 1 radical (unpaired) electrons. The average molecular weight is 228 g/mol. The molecule has 0 aliphatic heterocycles. The van der Waals surface area contributed by atoms with Gasteiger partial charge >= 0.3 is 0 Å². The highest BCUT2D eigenvalue weighted by Crippen LogP contribution is 2.10. The molecule has 0 aliphatic carbocycles. The lowest BCUT2D eigenvalue weighted by Crippen LogP contribution is -2.34. The van der Waals surface area contributed by atoms with Crippen LogP contribution in [0.4, 0.5) is 5.13 Å². The van der Waals surface area contributed by atoms with E-state index < -0.39 is 17.9 Å². The number of carbonyl (C=O) groups excluding carboxylic acids is 2. The molecule has 0 saturated heterocycles. The van der Waals surface area contributed by atoms with Gasteiger partial charge in [0.15, 0.2) is 5.13 Å². The molecule has 81 valence electrons. The smallest absolute Gasteiger partial charge is 0.247 e. The summed E-state index contributed by atoms with van der Waals surface area (Å²) in [6, 6.07) is 0. The number of primary amides is 1. The van der Waals surface area contributed by atoms with Gasteiger partial charge in [-0.2, -0.15) is 0 Å². The van der Waals surface area contributed by atoms with Crippen molar-refractivity contribution in [2.75, 3.05) is 12.4 Å². The topological polar surface area (TPSA) is 94.3 Å². The zero-order valence-electron chi connectivity index (χ0n) is 7.97. The minimum atomic E-state index is -1.02. The van der Waals surface area contributed by atoms with E-state index in [0.717, 1.165) is 6.42 Å². The van der Waals surface area contributed by atoms with E-state index in [1.54, 1.807) is 11.6 Å². The van der Waals surface area contributed by atoms with Crippen LogP contribution in [0.1, 0.15) is 0 Å². The number of aromatic nitrogens is 1. The molecule has 3 N–H and O–H groups in total. The Labute approximate surface area is 90.4 Å². The molecule has 1 atom stereocenters. The van der Waals surface area contributed by atoms with Crippen LogP contribution in [0.2, 0.25) is 0 Å². The Hall–Kier alpha value is -1.47. The molecule has 1 heterocycles. The van der Waals surface area contributed by atoms with Crippen molar-refractivity contribution in [1.82, 2.24) is 4.98 Å². The molecule has 1 aromatic heterocycles. The number of amides is 2. The van der Waals surface area contributed by atoms with E-state index in [0.29, 0.717) is 5.13 Å². The number of nitrogens with one attached hydrogen (secondary N) is 1. The lowest BCUT2D eigenvalue weighted by atomic mass is 10.2. The molecular weight excluding hydrogens is 218 g/mol. The van der Waals surface area contributed by atoms with Crippen LogP contribution in [0, 0.1) is 6.42 Å². The predicted octanol–water partition coefficient (Wildman–Crippen LogP) is -0.214. The fourth-order valence-corrected chi connectivity index (χ4v) is 1.37. The fraction of sp³-hybridized carbons (Fsp3) is 0.250. The van der Waals surface area contributed by atoms with Crippen LogP contribution in [-0.2, 0) is 14.3 Å². The van der Waals surface area contributed by atoms with E-state index in [-0.39, 0.29) is 0 Å². The molecule has 0 fully saturated rings. The summed E-state index contributed by atoms with van der Waals surface area (Å²) in [7, 11) is 1.29. The Morgan fingerprint density at radius 1 is 1.73 bits per heavy atom. The van der Waals surface area contributed by atoms with Crippen molar-refractivity contribution in [1.29, 1.82) is 0 Å². The van der Waals surface area contributed by atoms with Crippen LogP contribution in [0.25, 0.3) is 0 Å². The van der Waals surface area contributed by atoms with Crippen LogP contribution in [0.15, 0.2) is 11.6 Å². The predicted molar refractivity (Wildman–Crippen MR) is 55.0 cm³/mol. The molecular formula is C8H10N3O3S. The summed E-state index contributed by atoms with van der Waals surface area (Å²) in [4.78, 5) is 25.9. The Balaban J connectivity index is 2.45. The number of thiazole rings is 1. The lowest BCUT2D eigenvalue weighted by molar-refractivity contribution is -0.128. The van der Waals surface area contributed by atoms with Crippen molar-refractivity contribution in [2.45, 2.75) is 6.10 Å². The summed E-state index contributed by atoms with van der Waals surface area (Å²) in [5.74, 6) is -1.19. The van der Waals surface area contributed by atoms with Gasteiger partial charge in [-0.25, -0.2) is 4.98 Å². The summed E-state index contributed by atoms with van der Waals surface area (Å²) >= 11 is 1.27. The van der Waals surface area contributed by atoms with Crippen LogP contribution in [-0.4, -0.2) is 30.0 Å². The van der Waals surface area contributed by atoms with Gasteiger partial charge in [0.1, 0.15) is 6.10 Å². The van der Waals surface area contributed by atoms with Crippen molar-refractivity contribution in [3.8, 4) is 0 Å². The van der Waals surface area contributed by atoms with Gasteiger partial charge < -0.3 is 15.8 Å². The number of methoxy groups -OCH3 is 1. The minimum absolute atomic E-state index is 0.454. The van der Waals surface area contributed by atoms with E-state index in [2.05, 4.69) is 10.3 Å². The number of nitrogens with two attached hydrogens (primary N) is 1. The van der Waals surface area contributed by atoms with Crippen molar-refractivity contribution in [3.63, 3.8) is 0 Å². The minimum Gasteiger partial charge on any atom is -0.371 e. The average Bonchev–Trinajstić information content (AvgIpc) is 2.66. The van der Waals surface area contributed by atoms with Gasteiger partial charge in [-0.3, -0.25) is 9.59 Å². The molecule has 0 spiro atoms. The van der Waals surface area contributed by atoms with Crippen molar-refractivity contribution in [3.05, 3.63) is 18.0 Å². The number of hydrogen-bond donors (Lipinski definition) is 2. The monoisotopic (exact) mass is 228 g/mol. The molecule has 15 heavy (non-hydrogen) atoms. The Morgan fingerprint density at radius 3 is 2.93 bits per heavy atom. The number of anilines is 1. The van der Waals surface area contributed by atoms with Gasteiger partial charge in [-0.15, -0.1) is 11.3 Å². The van der Waals surface area contributed by atoms with Gasteiger partial charge in [-0.05, 0) is 0 Å². The second kappa shape index (κ2) is 5.42. The summed E-state index contributed by atoms with van der Waals surface area (Å²) in [5.41, 5.74) is 4.98. The largest absolute Gasteiger partial charge is 0.371 e. The van der Waals surface area contributed by atoms with Crippen LogP contribution >= 0.6 is 11.3 Å². The van der Waals surface area contributed by atoms with Gasteiger partial charge in [-0.1, -0.05) is 0 Å². The number of ether oxygens (including phenoxy) is 1. The first-order valence-electron chi connectivity index (χ1n) is 4.01. The molecule has 2 amide bonds. The number of nitrogens with zero attached hydrogens (tertiary/aromatic N) is 1. The van der Waals surface area contributed by atoms with Crippen LogP contribution in [0.3, 0.4) is 0 Å². The van der Waals surface area contributed by atoms with Crippen molar-refractivity contribution < 1.29 is 14.3 Å². The third-order valence-electron chi connectivity index (χ3n) is 1.50. The quantitative estimate of drug-likeness (QED) is 0.728. The lowest BCUT2D eigenvalue weighted by Gasteiger charge is -2.09. The van der Waals surface area contributed by atoms with Gasteiger partial charge in [0.25, 0.3) is 0 Å². The van der Waals surface area contributed by atoms with Crippen molar-refractivity contribution >= 4 is 28.3 Å². The standard InChI is InChI=1S/C8H10N3O3S/c1-14-5(7(9)13)4-6(12)11-8-10-2-3-15-8/h2-5H,1H3,(H2,9,13)(H,10,11,12)/t5-/m1/s1. The number of rotatable bonds is 5. The molecule has 0 unspecified atom stereocenters. The zero-order valence-corrected chi connectivity index (χ0v) is 8.78. The molecule has 0 aliphatic rings. The summed E-state index contributed by atoms with van der Waals surface area (Å²) in [6.07, 6.45) is 1.59. The van der Waals surface area contributed by atoms with E-state index in [4.69, 9.17) is 10.5 Å². The van der Waals surface area contributed by atoms with E-state index in [1.165, 1.54) is 18.4 Å². The molecule has 7 heteroatoms. The maximum atomic E-state index is 11.3. The maximum Gasteiger partial charge on any atom is 0.247 e. The Morgan fingerprint density at radius 2 is 2.47 bits per heavy atom. The molecule has 6 nitrogen and oxygen atoms in total. The summed E-state index contributed by atoms with van der Waals surface area (Å²) < 4.78 is 4.69. The summed E-state index contributed by atoms with van der Waals surface area (Å²) in [5, 5.41) is 4.64. The number of hydrogen-bond acceptors (Lipinski definition) is 5. The summed E-state index contributed by atoms with van der Waals surface area (Å²) in [6.45, 7) is 0. The van der Waals surface area contributed by atoms with Crippen LogP contribution in [0.5, 0.6) is 0 Å². The van der Waals surface area contributed by atoms with Gasteiger partial charge in [0.05, 0.1) is 6.42 Å².